The zero-order valence-corrected chi connectivity index (χ0v) is 16.4. The van der Waals surface area contributed by atoms with Gasteiger partial charge in [-0.05, 0) is 29.8 Å². The van der Waals surface area contributed by atoms with E-state index in [9.17, 15) is 4.79 Å². The molecule has 27 heavy (non-hydrogen) atoms. The molecular weight excluding hydrogens is 332 g/mol. The van der Waals surface area contributed by atoms with Crippen LogP contribution in [0.1, 0.15) is 50.6 Å². The molecule has 1 atom stereocenters. The number of Topliss-reactive ketones (excluding diaryl/α,β-unsaturated/α-hetero) is 1. The Morgan fingerprint density at radius 2 is 1.26 bits per heavy atom. The van der Waals surface area contributed by atoms with Crippen molar-refractivity contribution in [2.45, 2.75) is 39.0 Å². The molecular formula is C24H26N2O. The van der Waals surface area contributed by atoms with E-state index in [4.69, 9.17) is 0 Å². The van der Waals surface area contributed by atoms with Gasteiger partial charge < -0.3 is 0 Å². The lowest BCUT2D eigenvalue weighted by atomic mass is 9.60. The topological polar surface area (TPSA) is 42.9 Å². The van der Waals surface area contributed by atoms with Crippen LogP contribution in [0.3, 0.4) is 0 Å². The van der Waals surface area contributed by atoms with Crippen molar-refractivity contribution in [3.63, 3.8) is 0 Å². The summed E-state index contributed by atoms with van der Waals surface area (Å²) in [6, 6.07) is 21.7. The first kappa shape index (κ1) is 19.0. The Bertz CT molecular complexity index is 844. The first-order valence-electron chi connectivity index (χ1n) is 9.31. The summed E-state index contributed by atoms with van der Waals surface area (Å²) in [5, 5.41) is 0. The molecule has 0 aliphatic rings. The highest BCUT2D eigenvalue weighted by Crippen LogP contribution is 2.47. The minimum absolute atomic E-state index is 0.115. The Morgan fingerprint density at radius 3 is 1.67 bits per heavy atom. The molecule has 3 aromatic rings. The Hall–Kier alpha value is -2.81. The second-order valence-electron chi connectivity index (χ2n) is 7.95. The van der Waals surface area contributed by atoms with Gasteiger partial charge in [-0.1, -0.05) is 70.2 Å². The average molecular weight is 358 g/mol. The number of carbonyl (C=O) groups excluding carboxylic acids is 1. The third kappa shape index (κ3) is 3.42. The molecule has 0 bridgehead atoms. The predicted molar refractivity (Wildman–Crippen MR) is 109 cm³/mol. The van der Waals surface area contributed by atoms with Crippen LogP contribution >= 0.6 is 0 Å². The smallest absolute Gasteiger partial charge is 0.156 e. The number of hydrogen-bond donors (Lipinski definition) is 0. The van der Waals surface area contributed by atoms with E-state index in [2.05, 4.69) is 29.0 Å². The molecule has 3 nitrogen and oxygen atoms in total. The molecule has 0 amide bonds. The summed E-state index contributed by atoms with van der Waals surface area (Å²) in [5.41, 5.74) is 1.03. The van der Waals surface area contributed by atoms with Gasteiger partial charge in [0.2, 0.25) is 0 Å². The number of carbonyl (C=O) groups is 1. The van der Waals surface area contributed by atoms with Crippen molar-refractivity contribution >= 4 is 5.78 Å². The molecule has 138 valence electrons. The summed E-state index contributed by atoms with van der Waals surface area (Å²) in [6.45, 7) is 8.00. The van der Waals surface area contributed by atoms with Gasteiger partial charge in [-0.2, -0.15) is 0 Å². The molecule has 0 saturated heterocycles. The Labute approximate surface area is 161 Å². The Kier molecular flexibility index (Phi) is 5.22. The normalized spacial score (nSPS) is 13.2. The Balaban J connectivity index is 2.37. The van der Waals surface area contributed by atoms with Crippen molar-refractivity contribution in [3.8, 4) is 0 Å². The van der Waals surface area contributed by atoms with Gasteiger partial charge in [0.1, 0.15) is 5.41 Å². The number of hydrogen-bond acceptors (Lipinski definition) is 3. The van der Waals surface area contributed by atoms with Crippen molar-refractivity contribution in [1.29, 1.82) is 0 Å². The van der Waals surface area contributed by atoms with Gasteiger partial charge in [0.15, 0.2) is 5.78 Å². The second-order valence-corrected chi connectivity index (χ2v) is 7.95. The summed E-state index contributed by atoms with van der Waals surface area (Å²) in [6.07, 6.45) is 3.50. The van der Waals surface area contributed by atoms with E-state index in [1.807, 2.05) is 75.4 Å². The van der Waals surface area contributed by atoms with E-state index in [0.717, 1.165) is 17.0 Å². The van der Waals surface area contributed by atoms with Gasteiger partial charge >= 0.3 is 0 Å². The lowest BCUT2D eigenvalue weighted by Crippen LogP contribution is -2.48. The summed E-state index contributed by atoms with van der Waals surface area (Å²) < 4.78 is 0. The fraction of sp³-hybridized carbons (Fsp3) is 0.292. The number of rotatable bonds is 5. The highest BCUT2D eigenvalue weighted by atomic mass is 16.1. The molecule has 0 N–H and O–H groups in total. The van der Waals surface area contributed by atoms with Crippen LogP contribution in [0.15, 0.2) is 79.1 Å². The van der Waals surface area contributed by atoms with Crippen LogP contribution in [-0.2, 0) is 10.2 Å². The number of benzene rings is 1. The third-order valence-corrected chi connectivity index (χ3v) is 5.13. The largest absolute Gasteiger partial charge is 0.298 e. The van der Waals surface area contributed by atoms with Crippen LogP contribution in [-0.4, -0.2) is 15.8 Å². The molecule has 0 aliphatic carbocycles. The summed E-state index contributed by atoms with van der Waals surface area (Å²) in [4.78, 5) is 23.3. The molecule has 3 heteroatoms. The van der Waals surface area contributed by atoms with Crippen LogP contribution in [0, 0.1) is 5.41 Å². The first-order valence-corrected chi connectivity index (χ1v) is 9.31. The van der Waals surface area contributed by atoms with Crippen molar-refractivity contribution in [2.24, 2.45) is 5.41 Å². The number of pyridine rings is 2. The highest BCUT2D eigenvalue weighted by Gasteiger charge is 2.52. The molecule has 2 aromatic heterocycles. The predicted octanol–water partition coefficient (Wildman–Crippen LogP) is 5.18. The van der Waals surface area contributed by atoms with Crippen molar-refractivity contribution < 1.29 is 4.79 Å². The number of ketones is 1. The quantitative estimate of drug-likeness (QED) is 0.631. The zero-order chi connectivity index (χ0) is 19.5. The van der Waals surface area contributed by atoms with Crippen LogP contribution in [0.5, 0.6) is 0 Å². The standard InChI is InChI=1S/C24H26N2O/c1-18(19-12-6-5-7-13-19)24(22(27)23(2,3)4,20-14-8-10-16-25-20)21-15-9-11-17-26-21/h5-18H,1-4H3. The van der Waals surface area contributed by atoms with E-state index in [1.165, 1.54) is 0 Å². The van der Waals surface area contributed by atoms with E-state index in [1.54, 1.807) is 12.4 Å². The molecule has 0 fully saturated rings. The van der Waals surface area contributed by atoms with Gasteiger partial charge in [0, 0.05) is 23.7 Å². The second kappa shape index (κ2) is 7.43. The van der Waals surface area contributed by atoms with E-state index < -0.39 is 10.8 Å². The van der Waals surface area contributed by atoms with Gasteiger partial charge in [-0.15, -0.1) is 0 Å². The number of aromatic nitrogens is 2. The monoisotopic (exact) mass is 358 g/mol. The number of nitrogens with zero attached hydrogens (tertiary/aromatic N) is 2. The molecule has 0 saturated carbocycles. The van der Waals surface area contributed by atoms with E-state index in [0.29, 0.717) is 0 Å². The van der Waals surface area contributed by atoms with Crippen LogP contribution in [0.4, 0.5) is 0 Å². The van der Waals surface area contributed by atoms with Crippen LogP contribution < -0.4 is 0 Å². The fourth-order valence-electron chi connectivity index (χ4n) is 3.78. The van der Waals surface area contributed by atoms with Gasteiger partial charge in [-0.3, -0.25) is 14.8 Å². The average Bonchev–Trinajstić information content (AvgIpc) is 2.70. The van der Waals surface area contributed by atoms with Gasteiger partial charge in [0.25, 0.3) is 0 Å². The van der Waals surface area contributed by atoms with Crippen molar-refractivity contribution in [3.05, 3.63) is 96.1 Å². The van der Waals surface area contributed by atoms with Crippen LogP contribution in [0.2, 0.25) is 0 Å². The molecule has 0 radical (unpaired) electrons. The van der Waals surface area contributed by atoms with Crippen LogP contribution in [0.25, 0.3) is 0 Å². The van der Waals surface area contributed by atoms with Gasteiger partial charge in [-0.25, -0.2) is 0 Å². The fourth-order valence-corrected chi connectivity index (χ4v) is 3.78. The minimum Gasteiger partial charge on any atom is -0.298 e. The molecule has 1 unspecified atom stereocenters. The SMILES string of the molecule is CC(c1ccccc1)C(C(=O)C(C)(C)C)(c1ccccn1)c1ccccn1. The van der Waals surface area contributed by atoms with Gasteiger partial charge in [0.05, 0.1) is 11.4 Å². The highest BCUT2D eigenvalue weighted by molar-refractivity contribution is 5.97. The first-order chi connectivity index (χ1) is 12.9. The molecule has 0 spiro atoms. The third-order valence-electron chi connectivity index (χ3n) is 5.13. The van der Waals surface area contributed by atoms with Crippen molar-refractivity contribution in [1.82, 2.24) is 9.97 Å². The zero-order valence-electron chi connectivity index (χ0n) is 16.4. The van der Waals surface area contributed by atoms with Crippen molar-refractivity contribution in [2.75, 3.05) is 0 Å². The lowest BCUT2D eigenvalue weighted by molar-refractivity contribution is -0.131. The summed E-state index contributed by atoms with van der Waals surface area (Å²) >= 11 is 0. The summed E-state index contributed by atoms with van der Waals surface area (Å²) in [5.74, 6) is -0.0148. The molecule has 2 heterocycles. The maximum Gasteiger partial charge on any atom is 0.156 e. The lowest BCUT2D eigenvalue weighted by Gasteiger charge is -2.41. The maximum absolute atomic E-state index is 14.0. The van der Waals surface area contributed by atoms with E-state index in [-0.39, 0.29) is 11.7 Å². The maximum atomic E-state index is 14.0. The molecule has 1 aromatic carbocycles. The Morgan fingerprint density at radius 1 is 0.778 bits per heavy atom. The summed E-state index contributed by atoms with van der Waals surface area (Å²) in [7, 11) is 0. The molecule has 0 aliphatic heterocycles. The van der Waals surface area contributed by atoms with E-state index >= 15 is 0 Å². The molecule has 3 rings (SSSR count). The minimum atomic E-state index is -0.970.